The lowest BCUT2D eigenvalue weighted by Crippen LogP contribution is -2.60. The van der Waals surface area contributed by atoms with Crippen molar-refractivity contribution in [3.8, 4) is 0 Å². The maximum absolute atomic E-state index is 13.4. The van der Waals surface area contributed by atoms with E-state index in [2.05, 4.69) is 26.3 Å². The molecule has 5 N–H and O–H groups in total. The largest absolute Gasteiger partial charge is 0.391 e. The summed E-state index contributed by atoms with van der Waals surface area (Å²) in [5.74, 6) is -2.39. The van der Waals surface area contributed by atoms with Gasteiger partial charge in [-0.3, -0.25) is 24.0 Å². The molecule has 3 rings (SSSR count). The van der Waals surface area contributed by atoms with Crippen molar-refractivity contribution in [1.82, 2.24) is 35.7 Å². The third kappa shape index (κ3) is 9.13. The van der Waals surface area contributed by atoms with Gasteiger partial charge in [0.25, 0.3) is 0 Å². The van der Waals surface area contributed by atoms with Crippen molar-refractivity contribution in [2.24, 2.45) is 5.92 Å². The number of aliphatic hydroxyl groups excluding tert-OH is 1. The van der Waals surface area contributed by atoms with E-state index < -0.39 is 47.9 Å². The van der Waals surface area contributed by atoms with Crippen molar-refractivity contribution in [3.05, 3.63) is 54.1 Å². The first kappa shape index (κ1) is 32.3. The summed E-state index contributed by atoms with van der Waals surface area (Å²) in [5, 5.41) is 21.0. The van der Waals surface area contributed by atoms with Gasteiger partial charge in [0.2, 0.25) is 29.5 Å². The van der Waals surface area contributed by atoms with E-state index in [0.717, 1.165) is 11.4 Å². The molecule has 1 aliphatic heterocycles. The molecule has 2 aromatic rings. The van der Waals surface area contributed by atoms with Crippen LogP contribution in [0.15, 0.2) is 42.7 Å². The number of aromatic nitrogens is 2. The number of amides is 5. The Morgan fingerprint density at radius 3 is 2.33 bits per heavy atom. The quantitative estimate of drug-likeness (QED) is 0.286. The molecule has 0 saturated carbocycles. The molecule has 0 aliphatic carbocycles. The normalized spacial score (nSPS) is 21.9. The Kier molecular flexibility index (Phi) is 11.6. The number of aliphatic hydroxyl groups is 1. The number of imidazole rings is 1. The second-order valence-electron chi connectivity index (χ2n) is 10.8. The molecule has 1 aromatic heterocycles. The van der Waals surface area contributed by atoms with Crippen LogP contribution in [0.25, 0.3) is 0 Å². The van der Waals surface area contributed by atoms with Gasteiger partial charge in [-0.2, -0.15) is 0 Å². The van der Waals surface area contributed by atoms with Crippen LogP contribution in [-0.2, 0) is 36.9 Å². The maximum atomic E-state index is 13.4. The molecular formula is C29H41N7O6. The highest BCUT2D eigenvalue weighted by atomic mass is 16.3. The van der Waals surface area contributed by atoms with E-state index >= 15 is 0 Å². The van der Waals surface area contributed by atoms with Gasteiger partial charge in [-0.1, -0.05) is 44.2 Å². The van der Waals surface area contributed by atoms with Crippen molar-refractivity contribution >= 4 is 29.5 Å². The smallest absolute Gasteiger partial charge is 0.245 e. The predicted molar refractivity (Wildman–Crippen MR) is 154 cm³/mol. The Hall–Kier alpha value is -4.26. The van der Waals surface area contributed by atoms with Gasteiger partial charge in [0.15, 0.2) is 0 Å². The fourth-order valence-electron chi connectivity index (χ4n) is 4.64. The summed E-state index contributed by atoms with van der Waals surface area (Å²) in [5.41, 5.74) is 0.763. The summed E-state index contributed by atoms with van der Waals surface area (Å²) in [7, 11) is 0. The first-order chi connectivity index (χ1) is 20.0. The van der Waals surface area contributed by atoms with Crippen LogP contribution in [0.2, 0.25) is 0 Å². The first-order valence-corrected chi connectivity index (χ1v) is 14.1. The van der Waals surface area contributed by atoms with Crippen molar-refractivity contribution in [2.75, 3.05) is 19.6 Å². The van der Waals surface area contributed by atoms with E-state index in [4.69, 9.17) is 0 Å². The Balaban J connectivity index is 1.86. The summed E-state index contributed by atoms with van der Waals surface area (Å²) in [6.45, 7) is 6.69. The van der Waals surface area contributed by atoms with Crippen LogP contribution in [0.4, 0.5) is 0 Å². The fourth-order valence-corrected chi connectivity index (χ4v) is 4.64. The van der Waals surface area contributed by atoms with Crippen LogP contribution < -0.4 is 21.3 Å². The summed E-state index contributed by atoms with van der Waals surface area (Å²) in [4.78, 5) is 71.5. The van der Waals surface area contributed by atoms with Crippen molar-refractivity contribution in [3.63, 3.8) is 0 Å². The summed E-state index contributed by atoms with van der Waals surface area (Å²) in [6.07, 6.45) is 2.33. The molecule has 42 heavy (non-hydrogen) atoms. The molecule has 13 heteroatoms. The van der Waals surface area contributed by atoms with Crippen LogP contribution in [0.1, 0.15) is 38.6 Å². The highest BCUT2D eigenvalue weighted by Gasteiger charge is 2.33. The molecule has 0 bridgehead atoms. The Morgan fingerprint density at radius 2 is 1.71 bits per heavy atom. The number of nitrogens with one attached hydrogen (secondary N) is 4. The molecular weight excluding hydrogens is 542 g/mol. The van der Waals surface area contributed by atoms with E-state index in [9.17, 15) is 29.1 Å². The molecule has 2 heterocycles. The Bertz CT molecular complexity index is 1250. The van der Waals surface area contributed by atoms with E-state index in [1.807, 2.05) is 17.6 Å². The molecule has 4 atom stereocenters. The predicted octanol–water partition coefficient (Wildman–Crippen LogP) is -0.726. The molecule has 13 nitrogen and oxygen atoms in total. The molecule has 0 unspecified atom stereocenters. The van der Waals surface area contributed by atoms with Gasteiger partial charge >= 0.3 is 0 Å². The molecule has 1 fully saturated rings. The van der Waals surface area contributed by atoms with Gasteiger partial charge < -0.3 is 35.8 Å². The number of nitrogens with zero attached hydrogens (tertiary/aromatic N) is 3. The zero-order chi connectivity index (χ0) is 30.8. The van der Waals surface area contributed by atoms with E-state index in [1.165, 1.54) is 11.8 Å². The molecule has 0 radical (unpaired) electrons. The van der Waals surface area contributed by atoms with Gasteiger partial charge in [-0.15, -0.1) is 0 Å². The van der Waals surface area contributed by atoms with Gasteiger partial charge in [-0.25, -0.2) is 4.98 Å². The molecule has 1 aliphatic rings. The van der Waals surface area contributed by atoms with Crippen molar-refractivity contribution in [1.29, 1.82) is 0 Å². The lowest BCUT2D eigenvalue weighted by molar-refractivity contribution is -0.137. The summed E-state index contributed by atoms with van der Waals surface area (Å²) >= 11 is 0. The molecule has 228 valence electrons. The lowest BCUT2D eigenvalue weighted by Gasteiger charge is -2.27. The van der Waals surface area contributed by atoms with Gasteiger partial charge in [-0.05, 0) is 25.3 Å². The third-order valence-corrected chi connectivity index (χ3v) is 7.10. The lowest BCUT2D eigenvalue weighted by atomic mass is 10.0. The zero-order valence-corrected chi connectivity index (χ0v) is 24.5. The van der Waals surface area contributed by atoms with Crippen LogP contribution in [0, 0.1) is 12.8 Å². The third-order valence-electron chi connectivity index (χ3n) is 7.10. The fraction of sp³-hybridized carbons (Fsp3) is 0.517. The molecule has 5 amide bonds. The van der Waals surface area contributed by atoms with Crippen LogP contribution in [0.5, 0.6) is 0 Å². The Morgan fingerprint density at radius 1 is 1.00 bits per heavy atom. The number of carbonyl (C=O) groups excluding carboxylic acids is 5. The minimum atomic E-state index is -1.31. The van der Waals surface area contributed by atoms with Gasteiger partial charge in [0.1, 0.15) is 23.9 Å². The topological polar surface area (TPSA) is 175 Å². The number of hydrogen-bond donors (Lipinski definition) is 5. The van der Waals surface area contributed by atoms with Crippen LogP contribution in [0.3, 0.4) is 0 Å². The highest BCUT2D eigenvalue weighted by molar-refractivity contribution is 5.95. The number of aryl methyl sites for hydroxylation is 2. The SMILES string of the molecule is Cc1nccn1CCC(=O)N1CCNC(=O)[C@H]([C@@H](C)O)NC(=O)[C@H](Cc2ccccc2)NC(=O)[C@@H](C(C)C)NC(=O)C1. The van der Waals surface area contributed by atoms with E-state index in [0.29, 0.717) is 6.54 Å². The minimum absolute atomic E-state index is 0.00342. The number of hydrogen-bond acceptors (Lipinski definition) is 7. The average molecular weight is 584 g/mol. The van der Waals surface area contributed by atoms with Gasteiger partial charge in [0, 0.05) is 44.9 Å². The van der Waals surface area contributed by atoms with Gasteiger partial charge in [0.05, 0.1) is 12.6 Å². The Labute approximate surface area is 245 Å². The number of carbonyl (C=O) groups is 5. The molecule has 0 spiro atoms. The van der Waals surface area contributed by atoms with Crippen LogP contribution >= 0.6 is 0 Å². The monoisotopic (exact) mass is 583 g/mol. The van der Waals surface area contributed by atoms with Crippen molar-refractivity contribution < 1.29 is 29.1 Å². The number of rotatable bonds is 7. The maximum Gasteiger partial charge on any atom is 0.245 e. The first-order valence-electron chi connectivity index (χ1n) is 14.1. The minimum Gasteiger partial charge on any atom is -0.391 e. The summed E-state index contributed by atoms with van der Waals surface area (Å²) < 4.78 is 1.81. The van der Waals surface area contributed by atoms with E-state index in [-0.39, 0.29) is 44.3 Å². The standard InChI is InChI=1S/C29H41N7O6/c1-18(2)25-29(42)32-22(16-21-8-6-5-7-9-21)27(40)34-26(19(3)37)28(41)31-12-15-36(17-23(38)33-25)24(39)10-13-35-14-11-30-20(35)4/h5-9,11,14,18-19,22,25-26,37H,10,12-13,15-17H2,1-4H3,(H,31,41)(H,32,42)(H,33,38)(H,34,40)/t19-,22+,25-,26+/m1/s1. The molecule has 1 aromatic carbocycles. The second kappa shape index (κ2) is 15.1. The van der Waals surface area contributed by atoms with E-state index in [1.54, 1.807) is 50.5 Å². The van der Waals surface area contributed by atoms with Crippen molar-refractivity contribution in [2.45, 2.75) is 71.3 Å². The summed E-state index contributed by atoms with van der Waals surface area (Å²) in [6, 6.07) is 5.62. The molecule has 1 saturated heterocycles. The zero-order valence-electron chi connectivity index (χ0n) is 24.5. The second-order valence-corrected chi connectivity index (χ2v) is 10.8. The highest BCUT2D eigenvalue weighted by Crippen LogP contribution is 2.09. The average Bonchev–Trinajstić information content (AvgIpc) is 3.36. The number of benzene rings is 1. The van der Waals surface area contributed by atoms with Crippen LogP contribution in [-0.4, -0.2) is 93.0 Å².